The van der Waals surface area contributed by atoms with Gasteiger partial charge in [0.25, 0.3) is 0 Å². The van der Waals surface area contributed by atoms with Gasteiger partial charge < -0.3 is 9.72 Å². The molecular formula is C25H25FN2O. The maximum absolute atomic E-state index is 14.3. The molecule has 0 saturated heterocycles. The fourth-order valence-corrected chi connectivity index (χ4v) is 4.66. The Hall–Kier alpha value is -2.88. The van der Waals surface area contributed by atoms with Gasteiger partial charge in [0.05, 0.1) is 18.3 Å². The summed E-state index contributed by atoms with van der Waals surface area (Å²) in [6.45, 7) is 4.63. The van der Waals surface area contributed by atoms with Crippen LogP contribution in [-0.2, 0) is 19.3 Å². The molecule has 2 heterocycles. The van der Waals surface area contributed by atoms with Crippen molar-refractivity contribution in [2.45, 2.75) is 39.5 Å². The van der Waals surface area contributed by atoms with E-state index in [1.54, 1.807) is 12.1 Å². The lowest BCUT2D eigenvalue weighted by molar-refractivity contribution is 0.311. The van der Waals surface area contributed by atoms with Crippen molar-refractivity contribution >= 4 is 21.8 Å². The van der Waals surface area contributed by atoms with Gasteiger partial charge in [0.1, 0.15) is 0 Å². The van der Waals surface area contributed by atoms with E-state index < -0.39 is 0 Å². The van der Waals surface area contributed by atoms with Crippen LogP contribution in [0.2, 0.25) is 0 Å². The summed E-state index contributed by atoms with van der Waals surface area (Å²) in [6, 6.07) is 13.6. The molecule has 1 aliphatic rings. The monoisotopic (exact) mass is 388 g/mol. The van der Waals surface area contributed by atoms with Crippen LogP contribution < -0.4 is 4.74 Å². The van der Waals surface area contributed by atoms with E-state index in [0.717, 1.165) is 35.1 Å². The zero-order chi connectivity index (χ0) is 20.2. The Balaban J connectivity index is 1.71. The number of nitrogens with one attached hydrogen (secondary N) is 1. The summed E-state index contributed by atoms with van der Waals surface area (Å²) < 4.78 is 19.3. The Kier molecular flexibility index (Phi) is 4.12. The number of H-pyrrole nitrogens is 1. The van der Waals surface area contributed by atoms with E-state index in [0.29, 0.717) is 6.42 Å². The van der Waals surface area contributed by atoms with Crippen LogP contribution in [0.5, 0.6) is 5.75 Å². The average Bonchev–Trinajstić information content (AvgIpc) is 3.07. The number of methoxy groups -OCH3 is 1. The number of fused-ring (bicyclic) bond motifs is 5. The van der Waals surface area contributed by atoms with Crippen LogP contribution in [-0.4, -0.2) is 17.1 Å². The van der Waals surface area contributed by atoms with Gasteiger partial charge in [-0.2, -0.15) is 0 Å². The van der Waals surface area contributed by atoms with Crippen molar-refractivity contribution in [3.8, 4) is 5.75 Å². The SMILES string of the molecule is COc1ccc(Cc2nc3c(c4c2[nH]c2ccccc24)CCC(C)(C)C3)cc1F. The highest BCUT2D eigenvalue weighted by Gasteiger charge is 2.29. The van der Waals surface area contributed by atoms with E-state index in [2.05, 4.69) is 43.1 Å². The number of pyridine rings is 1. The van der Waals surface area contributed by atoms with Crippen LogP contribution in [0.3, 0.4) is 0 Å². The predicted molar refractivity (Wildman–Crippen MR) is 115 cm³/mol. The Bertz CT molecular complexity index is 1240. The average molecular weight is 388 g/mol. The number of aromatic amines is 1. The summed E-state index contributed by atoms with van der Waals surface area (Å²) >= 11 is 0. The van der Waals surface area contributed by atoms with E-state index in [9.17, 15) is 4.39 Å². The number of halogens is 1. The van der Waals surface area contributed by atoms with Crippen LogP contribution >= 0.6 is 0 Å². The number of hydrogen-bond acceptors (Lipinski definition) is 2. The van der Waals surface area contributed by atoms with Crippen LogP contribution in [0.25, 0.3) is 21.8 Å². The number of aromatic nitrogens is 2. The summed E-state index contributed by atoms with van der Waals surface area (Å²) in [4.78, 5) is 8.71. The molecule has 0 fully saturated rings. The maximum atomic E-state index is 14.3. The fraction of sp³-hybridized carbons (Fsp3) is 0.320. The molecule has 0 unspecified atom stereocenters. The molecule has 1 aliphatic carbocycles. The summed E-state index contributed by atoms with van der Waals surface area (Å²) in [5.41, 5.74) is 6.92. The molecule has 4 aromatic rings. The van der Waals surface area contributed by atoms with Crippen molar-refractivity contribution in [3.05, 3.63) is 70.8 Å². The van der Waals surface area contributed by atoms with E-state index in [1.165, 1.54) is 35.6 Å². The second-order valence-electron chi connectivity index (χ2n) is 8.89. The van der Waals surface area contributed by atoms with Crippen molar-refractivity contribution in [1.29, 1.82) is 0 Å². The topological polar surface area (TPSA) is 37.9 Å². The molecule has 0 atom stereocenters. The number of ether oxygens (including phenoxy) is 1. The summed E-state index contributed by atoms with van der Waals surface area (Å²) in [5.74, 6) is -0.0679. The molecular weight excluding hydrogens is 363 g/mol. The fourth-order valence-electron chi connectivity index (χ4n) is 4.66. The van der Waals surface area contributed by atoms with Gasteiger partial charge in [0, 0.05) is 28.4 Å². The van der Waals surface area contributed by atoms with Crippen molar-refractivity contribution in [2.75, 3.05) is 7.11 Å². The van der Waals surface area contributed by atoms with Gasteiger partial charge in [-0.3, -0.25) is 4.98 Å². The van der Waals surface area contributed by atoms with Gasteiger partial charge in [0.2, 0.25) is 0 Å². The quantitative estimate of drug-likeness (QED) is 0.469. The lowest BCUT2D eigenvalue weighted by Crippen LogP contribution is -2.24. The molecule has 4 heteroatoms. The van der Waals surface area contributed by atoms with Gasteiger partial charge in [-0.05, 0) is 54.0 Å². The molecule has 0 spiro atoms. The third kappa shape index (κ3) is 3.07. The summed E-state index contributed by atoms with van der Waals surface area (Å²) in [6.07, 6.45) is 3.77. The van der Waals surface area contributed by atoms with Crippen LogP contribution in [0.15, 0.2) is 42.5 Å². The first-order chi connectivity index (χ1) is 13.9. The molecule has 0 bridgehead atoms. The van der Waals surface area contributed by atoms with Gasteiger partial charge in [0.15, 0.2) is 11.6 Å². The molecule has 0 aliphatic heterocycles. The number of nitrogens with zero attached hydrogens (tertiary/aromatic N) is 1. The molecule has 3 nitrogen and oxygen atoms in total. The van der Waals surface area contributed by atoms with Gasteiger partial charge >= 0.3 is 0 Å². The minimum absolute atomic E-state index is 0.253. The minimum atomic E-state index is -0.336. The molecule has 29 heavy (non-hydrogen) atoms. The van der Waals surface area contributed by atoms with Crippen molar-refractivity contribution < 1.29 is 9.13 Å². The highest BCUT2D eigenvalue weighted by atomic mass is 19.1. The van der Waals surface area contributed by atoms with E-state index in [1.807, 2.05) is 6.07 Å². The number of rotatable bonds is 3. The van der Waals surface area contributed by atoms with Gasteiger partial charge in [-0.1, -0.05) is 38.1 Å². The van der Waals surface area contributed by atoms with Gasteiger partial charge in [-0.25, -0.2) is 4.39 Å². The lowest BCUT2D eigenvalue weighted by atomic mass is 9.75. The molecule has 0 saturated carbocycles. The third-order valence-electron chi connectivity index (χ3n) is 6.20. The summed E-state index contributed by atoms with van der Waals surface area (Å²) in [7, 11) is 1.49. The number of para-hydroxylation sites is 1. The molecule has 148 valence electrons. The lowest BCUT2D eigenvalue weighted by Gasteiger charge is -2.31. The molecule has 2 aromatic carbocycles. The minimum Gasteiger partial charge on any atom is -0.494 e. The highest BCUT2D eigenvalue weighted by Crippen LogP contribution is 2.40. The predicted octanol–water partition coefficient (Wildman–Crippen LogP) is 5.97. The first-order valence-corrected chi connectivity index (χ1v) is 10.2. The number of aryl methyl sites for hydroxylation is 1. The molecule has 0 amide bonds. The molecule has 1 N–H and O–H groups in total. The van der Waals surface area contributed by atoms with E-state index >= 15 is 0 Å². The first kappa shape index (κ1) is 18.2. The van der Waals surface area contributed by atoms with Gasteiger partial charge in [-0.15, -0.1) is 0 Å². The van der Waals surface area contributed by atoms with E-state index in [-0.39, 0.29) is 17.0 Å². The maximum Gasteiger partial charge on any atom is 0.165 e. The van der Waals surface area contributed by atoms with E-state index in [4.69, 9.17) is 9.72 Å². The number of benzene rings is 2. The Morgan fingerprint density at radius 1 is 1.17 bits per heavy atom. The standard InChI is InChI=1S/C25H25FN2O/c1-25(2)11-10-17-21(14-25)27-20(13-15-8-9-22(29-3)18(26)12-15)24-23(17)16-6-4-5-7-19(16)28-24/h4-9,12,28H,10-11,13-14H2,1-3H3. The highest BCUT2D eigenvalue weighted by molar-refractivity contribution is 6.10. The second-order valence-corrected chi connectivity index (χ2v) is 8.89. The second kappa shape index (κ2) is 6.58. The summed E-state index contributed by atoms with van der Waals surface area (Å²) in [5, 5.41) is 2.55. The third-order valence-corrected chi connectivity index (χ3v) is 6.20. The Morgan fingerprint density at radius 3 is 2.79 bits per heavy atom. The van der Waals surface area contributed by atoms with Crippen LogP contribution in [0, 0.1) is 11.2 Å². The Labute approximate surface area is 169 Å². The van der Waals surface area contributed by atoms with Crippen LogP contribution in [0.4, 0.5) is 4.39 Å². The molecule has 2 aromatic heterocycles. The zero-order valence-corrected chi connectivity index (χ0v) is 17.1. The molecule has 0 radical (unpaired) electrons. The number of hydrogen-bond donors (Lipinski definition) is 1. The van der Waals surface area contributed by atoms with Crippen molar-refractivity contribution in [3.63, 3.8) is 0 Å². The smallest absolute Gasteiger partial charge is 0.165 e. The molecule has 5 rings (SSSR count). The van der Waals surface area contributed by atoms with Crippen LogP contribution in [0.1, 0.15) is 42.8 Å². The zero-order valence-electron chi connectivity index (χ0n) is 17.1. The first-order valence-electron chi connectivity index (χ1n) is 10.2. The van der Waals surface area contributed by atoms with Crippen molar-refractivity contribution in [1.82, 2.24) is 9.97 Å². The largest absolute Gasteiger partial charge is 0.494 e. The van der Waals surface area contributed by atoms with Crippen molar-refractivity contribution in [2.24, 2.45) is 5.41 Å². The normalized spacial score (nSPS) is 15.6. The Morgan fingerprint density at radius 2 is 2.00 bits per heavy atom.